The van der Waals surface area contributed by atoms with E-state index in [0.29, 0.717) is 5.82 Å². The number of carbonyl (C=O) groups excluding carboxylic acids is 1. The van der Waals surface area contributed by atoms with Gasteiger partial charge in [0.15, 0.2) is 11.5 Å². The van der Waals surface area contributed by atoms with Crippen molar-refractivity contribution in [1.82, 2.24) is 29.7 Å². The van der Waals surface area contributed by atoms with E-state index in [9.17, 15) is 4.79 Å². The first-order valence-electron chi connectivity index (χ1n) is 8.59. The van der Waals surface area contributed by atoms with Crippen molar-refractivity contribution in [3.05, 3.63) is 84.6 Å². The summed E-state index contributed by atoms with van der Waals surface area (Å²) in [5, 5.41) is 15.5. The van der Waals surface area contributed by atoms with E-state index in [1.165, 1.54) is 6.08 Å². The Bertz CT molecular complexity index is 1100. The van der Waals surface area contributed by atoms with Gasteiger partial charge in [0.05, 0.1) is 17.9 Å². The molecule has 0 saturated carbocycles. The Morgan fingerprint density at radius 3 is 2.78 bits per heavy atom. The molecule has 1 N–H and O–H groups in total. The van der Waals surface area contributed by atoms with Crippen LogP contribution in [0, 0.1) is 0 Å². The highest BCUT2D eigenvalue weighted by Crippen LogP contribution is 2.12. The van der Waals surface area contributed by atoms with Crippen LogP contribution in [-0.4, -0.2) is 30.3 Å². The molecule has 0 aliphatic rings. The second-order valence-corrected chi connectivity index (χ2v) is 6.10. The van der Waals surface area contributed by atoms with Gasteiger partial charge in [-0.05, 0) is 37.3 Å². The second-order valence-electron chi connectivity index (χ2n) is 6.10. The molecule has 1 unspecified atom stereocenters. The van der Waals surface area contributed by atoms with Crippen LogP contribution in [0.1, 0.15) is 24.4 Å². The van der Waals surface area contributed by atoms with Gasteiger partial charge in [0, 0.05) is 24.0 Å². The molecule has 4 rings (SSSR count). The molecule has 0 spiro atoms. The van der Waals surface area contributed by atoms with Crippen LogP contribution in [0.15, 0.2) is 73.2 Å². The zero-order chi connectivity index (χ0) is 18.6. The van der Waals surface area contributed by atoms with Crippen molar-refractivity contribution < 1.29 is 4.79 Å². The summed E-state index contributed by atoms with van der Waals surface area (Å²) in [6.45, 7) is 1.88. The van der Waals surface area contributed by atoms with E-state index in [4.69, 9.17) is 0 Å². The van der Waals surface area contributed by atoms with Crippen molar-refractivity contribution in [2.75, 3.05) is 0 Å². The minimum atomic E-state index is -0.272. The molecule has 4 aromatic rings. The number of aromatic nitrogens is 5. The van der Waals surface area contributed by atoms with Crippen molar-refractivity contribution in [2.24, 2.45) is 0 Å². The molecule has 1 amide bonds. The smallest absolute Gasteiger partial charge is 0.244 e. The third-order valence-corrected chi connectivity index (χ3v) is 4.14. The van der Waals surface area contributed by atoms with Crippen LogP contribution in [0.4, 0.5) is 0 Å². The number of rotatable bonds is 5. The Balaban J connectivity index is 1.43. The van der Waals surface area contributed by atoms with Gasteiger partial charge in [-0.3, -0.25) is 9.20 Å². The molecular weight excluding hydrogens is 340 g/mol. The fourth-order valence-electron chi connectivity index (χ4n) is 2.80. The van der Waals surface area contributed by atoms with E-state index < -0.39 is 0 Å². The van der Waals surface area contributed by atoms with Gasteiger partial charge >= 0.3 is 0 Å². The lowest BCUT2D eigenvalue weighted by Gasteiger charge is -2.10. The first kappa shape index (κ1) is 16.7. The molecule has 0 bridgehead atoms. The molecule has 7 nitrogen and oxygen atoms in total. The van der Waals surface area contributed by atoms with Crippen molar-refractivity contribution in [3.8, 4) is 5.69 Å². The van der Waals surface area contributed by atoms with Crippen LogP contribution in [0.2, 0.25) is 0 Å². The van der Waals surface area contributed by atoms with E-state index in [0.717, 1.165) is 16.9 Å². The molecular formula is C20H18N6O. The van der Waals surface area contributed by atoms with Crippen molar-refractivity contribution >= 4 is 17.6 Å². The molecule has 0 radical (unpaired) electrons. The van der Waals surface area contributed by atoms with Gasteiger partial charge in [-0.2, -0.15) is 5.10 Å². The molecule has 27 heavy (non-hydrogen) atoms. The van der Waals surface area contributed by atoms with Gasteiger partial charge in [0.25, 0.3) is 0 Å². The topological polar surface area (TPSA) is 77.1 Å². The SMILES string of the molecule is CC(NC(=O)/C=C/c1cnn(-c2ccccc2)c1)c1nnc2ccccn12. The first-order chi connectivity index (χ1) is 13.2. The maximum Gasteiger partial charge on any atom is 0.244 e. The molecule has 1 aromatic carbocycles. The summed E-state index contributed by atoms with van der Waals surface area (Å²) in [5.74, 6) is 0.479. The Morgan fingerprint density at radius 2 is 1.93 bits per heavy atom. The van der Waals surface area contributed by atoms with Crippen LogP contribution in [0.3, 0.4) is 0 Å². The van der Waals surface area contributed by atoms with Crippen molar-refractivity contribution in [1.29, 1.82) is 0 Å². The fraction of sp³-hybridized carbons (Fsp3) is 0.100. The highest BCUT2D eigenvalue weighted by molar-refractivity contribution is 5.91. The van der Waals surface area contributed by atoms with Gasteiger partial charge < -0.3 is 5.32 Å². The standard InChI is InChI=1S/C20H18N6O/c1-15(20-24-23-18-9-5-6-12-25(18)20)22-19(27)11-10-16-13-21-26(14-16)17-7-3-2-4-8-17/h2-15H,1H3,(H,22,27)/b11-10+. The zero-order valence-corrected chi connectivity index (χ0v) is 14.7. The number of fused-ring (bicyclic) bond motifs is 1. The number of carbonyl (C=O) groups is 1. The lowest BCUT2D eigenvalue weighted by Crippen LogP contribution is -2.26. The number of benzene rings is 1. The summed E-state index contributed by atoms with van der Waals surface area (Å²) in [7, 11) is 0. The van der Waals surface area contributed by atoms with E-state index in [1.54, 1.807) is 17.0 Å². The average Bonchev–Trinajstić information content (AvgIpc) is 3.34. The van der Waals surface area contributed by atoms with Crippen LogP contribution < -0.4 is 5.32 Å². The van der Waals surface area contributed by atoms with Crippen molar-refractivity contribution in [3.63, 3.8) is 0 Å². The van der Waals surface area contributed by atoms with Gasteiger partial charge in [-0.1, -0.05) is 24.3 Å². The fourth-order valence-corrected chi connectivity index (χ4v) is 2.80. The lowest BCUT2D eigenvalue weighted by molar-refractivity contribution is -0.117. The van der Waals surface area contributed by atoms with Gasteiger partial charge in [0.2, 0.25) is 5.91 Å². The predicted octanol–water partition coefficient (Wildman–Crippen LogP) is 2.81. The number of para-hydroxylation sites is 1. The summed E-state index contributed by atoms with van der Waals surface area (Å²) in [5.41, 5.74) is 2.56. The summed E-state index contributed by atoms with van der Waals surface area (Å²) < 4.78 is 3.63. The maximum atomic E-state index is 12.3. The van der Waals surface area contributed by atoms with Crippen LogP contribution in [0.25, 0.3) is 17.4 Å². The molecule has 0 aliphatic carbocycles. The van der Waals surface area contributed by atoms with E-state index in [-0.39, 0.29) is 11.9 Å². The number of pyridine rings is 1. The monoisotopic (exact) mass is 358 g/mol. The van der Waals surface area contributed by atoms with Crippen LogP contribution >= 0.6 is 0 Å². The molecule has 1 atom stereocenters. The largest absolute Gasteiger partial charge is 0.343 e. The molecule has 7 heteroatoms. The summed E-state index contributed by atoms with van der Waals surface area (Å²) in [4.78, 5) is 12.3. The van der Waals surface area contributed by atoms with Crippen LogP contribution in [-0.2, 0) is 4.79 Å². The molecule has 0 aliphatic heterocycles. The predicted molar refractivity (Wildman–Crippen MR) is 102 cm³/mol. The molecule has 3 aromatic heterocycles. The maximum absolute atomic E-state index is 12.3. The zero-order valence-electron chi connectivity index (χ0n) is 14.7. The van der Waals surface area contributed by atoms with Gasteiger partial charge in [-0.15, -0.1) is 10.2 Å². The summed E-state index contributed by atoms with van der Waals surface area (Å²) in [6, 6.07) is 15.2. The highest BCUT2D eigenvalue weighted by Gasteiger charge is 2.14. The minimum absolute atomic E-state index is 0.206. The number of nitrogens with one attached hydrogen (secondary N) is 1. The van der Waals surface area contributed by atoms with E-state index >= 15 is 0 Å². The highest BCUT2D eigenvalue weighted by atomic mass is 16.1. The quantitative estimate of drug-likeness (QED) is 0.557. The first-order valence-corrected chi connectivity index (χ1v) is 8.59. The van der Waals surface area contributed by atoms with Crippen LogP contribution in [0.5, 0.6) is 0 Å². The Morgan fingerprint density at radius 1 is 1.11 bits per heavy atom. The number of hydrogen-bond donors (Lipinski definition) is 1. The third-order valence-electron chi connectivity index (χ3n) is 4.14. The van der Waals surface area contributed by atoms with Gasteiger partial charge in [0.1, 0.15) is 0 Å². The summed E-state index contributed by atoms with van der Waals surface area (Å²) in [6.07, 6.45) is 8.68. The molecule has 3 heterocycles. The average molecular weight is 358 g/mol. The van der Waals surface area contributed by atoms with Crippen molar-refractivity contribution in [2.45, 2.75) is 13.0 Å². The Labute approximate surface area is 156 Å². The van der Waals surface area contributed by atoms with E-state index in [1.807, 2.05) is 72.2 Å². The molecule has 0 saturated heterocycles. The second kappa shape index (κ2) is 7.25. The molecule has 0 fully saturated rings. The normalized spacial score (nSPS) is 12.5. The molecule has 134 valence electrons. The number of nitrogens with zero attached hydrogens (tertiary/aromatic N) is 5. The third kappa shape index (κ3) is 3.62. The Kier molecular flexibility index (Phi) is 4.49. The summed E-state index contributed by atoms with van der Waals surface area (Å²) >= 11 is 0. The lowest BCUT2D eigenvalue weighted by atomic mass is 10.2. The van der Waals surface area contributed by atoms with Gasteiger partial charge in [-0.25, -0.2) is 4.68 Å². The number of amides is 1. The minimum Gasteiger partial charge on any atom is -0.343 e. The number of hydrogen-bond acceptors (Lipinski definition) is 4. The van der Waals surface area contributed by atoms with E-state index in [2.05, 4.69) is 20.6 Å². The Hall–Kier alpha value is -3.74.